The summed E-state index contributed by atoms with van der Waals surface area (Å²) in [5, 5.41) is 25.1. The molecule has 1 unspecified atom stereocenters. The van der Waals surface area contributed by atoms with Crippen molar-refractivity contribution in [2.75, 3.05) is 18.5 Å². The van der Waals surface area contributed by atoms with Gasteiger partial charge in [-0.25, -0.2) is 9.97 Å². The fourth-order valence-electron chi connectivity index (χ4n) is 4.19. The van der Waals surface area contributed by atoms with Crippen LogP contribution >= 0.6 is 0 Å². The molecule has 1 atom stereocenters. The number of fused-ring (bicyclic) bond motifs is 1. The molecule has 178 valence electrons. The topological polar surface area (TPSA) is 127 Å². The number of nitrogens with one attached hydrogen (secondary N) is 2. The minimum absolute atomic E-state index is 0.224. The Kier molecular flexibility index (Phi) is 6.11. The highest BCUT2D eigenvalue weighted by Gasteiger charge is 2.38. The van der Waals surface area contributed by atoms with Gasteiger partial charge < -0.3 is 25.0 Å². The average Bonchev–Trinajstić information content (AvgIpc) is 3.28. The molecule has 0 spiro atoms. The number of benzene rings is 2. The molecule has 0 aliphatic carbocycles. The fraction of sp³-hybridized carbons (Fsp3) is 0.240. The Hall–Kier alpha value is -4.31. The molecule has 1 amide bonds. The molecule has 0 saturated heterocycles. The molecular formula is C25H25N7O3. The Morgan fingerprint density at radius 1 is 1.17 bits per heavy atom. The van der Waals surface area contributed by atoms with Crippen LogP contribution in [0.1, 0.15) is 28.2 Å². The van der Waals surface area contributed by atoms with Gasteiger partial charge in [0.05, 0.1) is 25.3 Å². The van der Waals surface area contributed by atoms with E-state index in [0.717, 1.165) is 11.3 Å². The number of carbonyl (C=O) groups is 1. The van der Waals surface area contributed by atoms with Crippen LogP contribution in [0.15, 0.2) is 67.1 Å². The Labute approximate surface area is 202 Å². The summed E-state index contributed by atoms with van der Waals surface area (Å²) in [6.07, 6.45) is 3.61. The van der Waals surface area contributed by atoms with Gasteiger partial charge in [0.2, 0.25) is 0 Å². The predicted molar refractivity (Wildman–Crippen MR) is 129 cm³/mol. The number of hydrogen-bond acceptors (Lipinski definition) is 8. The Balaban J connectivity index is 1.30. The number of carbonyl (C=O) groups excluding carboxylic acids is 1. The molecule has 10 heteroatoms. The van der Waals surface area contributed by atoms with Gasteiger partial charge in [0.25, 0.3) is 5.91 Å². The van der Waals surface area contributed by atoms with Crippen LogP contribution < -0.4 is 15.4 Å². The summed E-state index contributed by atoms with van der Waals surface area (Å²) >= 11 is 0. The van der Waals surface area contributed by atoms with Crippen LogP contribution in [0.25, 0.3) is 11.5 Å². The smallest absolute Gasteiger partial charge is 0.252 e. The van der Waals surface area contributed by atoms with Crippen molar-refractivity contribution in [1.29, 1.82) is 0 Å². The van der Waals surface area contributed by atoms with E-state index in [1.54, 1.807) is 24.4 Å². The molecule has 1 aliphatic heterocycles. The van der Waals surface area contributed by atoms with E-state index in [0.29, 0.717) is 48.2 Å². The molecule has 4 aromatic rings. The number of anilines is 1. The molecular weight excluding hydrogens is 446 g/mol. The van der Waals surface area contributed by atoms with Crippen LogP contribution in [0.2, 0.25) is 0 Å². The molecule has 10 nitrogen and oxygen atoms in total. The van der Waals surface area contributed by atoms with Gasteiger partial charge in [0.1, 0.15) is 17.8 Å². The van der Waals surface area contributed by atoms with Crippen molar-refractivity contribution in [3.05, 3.63) is 84.1 Å². The lowest BCUT2D eigenvalue weighted by Gasteiger charge is -2.38. The first-order chi connectivity index (χ1) is 17.1. The predicted octanol–water partition coefficient (Wildman–Crippen LogP) is 2.28. The SMILES string of the molecule is Cn1c(CNc2cccc(C(=O)NC3(CO)CCOc4ccccc43)c2)nnc1-c1ccncn1. The quantitative estimate of drug-likeness (QED) is 0.375. The minimum atomic E-state index is -0.897. The lowest BCUT2D eigenvalue weighted by molar-refractivity contribution is 0.0729. The van der Waals surface area contributed by atoms with Gasteiger partial charge >= 0.3 is 0 Å². The zero-order valence-corrected chi connectivity index (χ0v) is 19.2. The number of rotatable bonds is 7. The van der Waals surface area contributed by atoms with Crippen molar-refractivity contribution in [1.82, 2.24) is 30.0 Å². The van der Waals surface area contributed by atoms with Crippen molar-refractivity contribution in [2.24, 2.45) is 7.05 Å². The summed E-state index contributed by atoms with van der Waals surface area (Å²) in [4.78, 5) is 21.4. The molecule has 5 rings (SSSR count). The van der Waals surface area contributed by atoms with Gasteiger partial charge in [-0.3, -0.25) is 4.79 Å². The van der Waals surface area contributed by atoms with E-state index in [9.17, 15) is 9.90 Å². The summed E-state index contributed by atoms with van der Waals surface area (Å²) in [5.41, 5.74) is 1.80. The van der Waals surface area contributed by atoms with E-state index in [2.05, 4.69) is 30.8 Å². The number of hydrogen-bond donors (Lipinski definition) is 3. The second-order valence-corrected chi connectivity index (χ2v) is 8.32. The summed E-state index contributed by atoms with van der Waals surface area (Å²) in [6.45, 7) is 0.594. The normalized spacial score (nSPS) is 16.7. The van der Waals surface area contributed by atoms with Crippen molar-refractivity contribution >= 4 is 11.6 Å². The van der Waals surface area contributed by atoms with E-state index < -0.39 is 5.54 Å². The number of nitrogens with zero attached hydrogens (tertiary/aromatic N) is 5. The van der Waals surface area contributed by atoms with Crippen LogP contribution in [0.5, 0.6) is 5.75 Å². The van der Waals surface area contributed by atoms with E-state index in [1.165, 1.54) is 6.33 Å². The lowest BCUT2D eigenvalue weighted by atomic mass is 9.85. The highest BCUT2D eigenvalue weighted by Crippen LogP contribution is 2.36. The molecule has 2 aromatic heterocycles. The molecule has 0 fully saturated rings. The maximum atomic E-state index is 13.2. The largest absolute Gasteiger partial charge is 0.493 e. The lowest BCUT2D eigenvalue weighted by Crippen LogP contribution is -2.51. The zero-order chi connectivity index (χ0) is 24.3. The molecule has 3 N–H and O–H groups in total. The standard InChI is InChI=1S/C25H25N7O3/c1-32-22(30-31-23(32)20-9-11-26-16-28-20)14-27-18-6-4-5-17(13-18)24(34)29-25(15-33)10-12-35-21-8-3-2-7-19(21)25/h2-9,11,13,16,27,33H,10,12,14-15H2,1H3,(H,29,34). The summed E-state index contributed by atoms with van der Waals surface area (Å²) in [5.74, 6) is 1.76. The van der Waals surface area contributed by atoms with Gasteiger partial charge in [0.15, 0.2) is 11.6 Å². The maximum Gasteiger partial charge on any atom is 0.252 e. The molecule has 35 heavy (non-hydrogen) atoms. The zero-order valence-electron chi connectivity index (χ0n) is 19.2. The van der Waals surface area contributed by atoms with Crippen molar-refractivity contribution in [3.63, 3.8) is 0 Å². The molecule has 0 bridgehead atoms. The van der Waals surface area contributed by atoms with Crippen LogP contribution in [0.4, 0.5) is 5.69 Å². The van der Waals surface area contributed by atoms with E-state index in [4.69, 9.17) is 4.74 Å². The summed E-state index contributed by atoms with van der Waals surface area (Å²) < 4.78 is 7.57. The number of para-hydroxylation sites is 1. The number of ether oxygens (including phenoxy) is 1. The third-order valence-corrected chi connectivity index (χ3v) is 6.16. The van der Waals surface area contributed by atoms with Gasteiger partial charge in [-0.05, 0) is 30.3 Å². The van der Waals surface area contributed by atoms with Crippen molar-refractivity contribution < 1.29 is 14.6 Å². The molecule has 2 aromatic carbocycles. The Bertz CT molecular complexity index is 1340. The first-order valence-electron chi connectivity index (χ1n) is 11.2. The third-order valence-electron chi connectivity index (χ3n) is 6.16. The summed E-state index contributed by atoms with van der Waals surface area (Å²) in [6, 6.07) is 16.4. The van der Waals surface area contributed by atoms with Gasteiger partial charge in [-0.15, -0.1) is 10.2 Å². The van der Waals surface area contributed by atoms with Gasteiger partial charge in [-0.1, -0.05) is 24.3 Å². The number of aliphatic hydroxyl groups is 1. The number of amides is 1. The number of aromatic nitrogens is 5. The van der Waals surface area contributed by atoms with Gasteiger partial charge in [-0.2, -0.15) is 0 Å². The monoisotopic (exact) mass is 471 g/mol. The Morgan fingerprint density at radius 2 is 2.06 bits per heavy atom. The summed E-state index contributed by atoms with van der Waals surface area (Å²) in [7, 11) is 1.87. The van der Waals surface area contributed by atoms with Crippen molar-refractivity contribution in [2.45, 2.75) is 18.5 Å². The Morgan fingerprint density at radius 3 is 2.89 bits per heavy atom. The molecule has 0 saturated carbocycles. The van der Waals surface area contributed by atoms with Crippen LogP contribution in [0, 0.1) is 0 Å². The third kappa shape index (κ3) is 4.43. The minimum Gasteiger partial charge on any atom is -0.493 e. The van der Waals surface area contributed by atoms with Gasteiger partial charge in [0, 0.05) is 36.5 Å². The molecule has 1 aliphatic rings. The number of aliphatic hydroxyl groups excluding tert-OH is 1. The van der Waals surface area contributed by atoms with E-state index in [1.807, 2.05) is 48.0 Å². The maximum absolute atomic E-state index is 13.2. The van der Waals surface area contributed by atoms with Crippen LogP contribution in [-0.2, 0) is 19.1 Å². The second kappa shape index (κ2) is 9.51. The van der Waals surface area contributed by atoms with E-state index in [-0.39, 0.29) is 12.5 Å². The second-order valence-electron chi connectivity index (χ2n) is 8.32. The average molecular weight is 472 g/mol. The first kappa shape index (κ1) is 22.5. The highest BCUT2D eigenvalue weighted by atomic mass is 16.5. The first-order valence-corrected chi connectivity index (χ1v) is 11.2. The van der Waals surface area contributed by atoms with Crippen molar-refractivity contribution in [3.8, 4) is 17.3 Å². The molecule has 3 heterocycles. The highest BCUT2D eigenvalue weighted by molar-refractivity contribution is 5.95. The van der Waals surface area contributed by atoms with Crippen LogP contribution in [-0.4, -0.2) is 49.0 Å². The fourth-order valence-corrected chi connectivity index (χ4v) is 4.19. The van der Waals surface area contributed by atoms with E-state index >= 15 is 0 Å². The van der Waals surface area contributed by atoms with Crippen LogP contribution in [0.3, 0.4) is 0 Å². The molecule has 0 radical (unpaired) electrons.